The van der Waals surface area contributed by atoms with Gasteiger partial charge in [-0.15, -0.1) is 70.8 Å². The zero-order valence-electron chi connectivity index (χ0n) is 62.4. The monoisotopic (exact) mass is 2220 g/mol. The first kappa shape index (κ1) is 83.3. The molecule has 4 radical (unpaired) electrons. The summed E-state index contributed by atoms with van der Waals surface area (Å²) in [6.07, 6.45) is 54.4. The number of rotatable bonds is 9. The molecule has 116 heavy (non-hydrogen) atoms. The molecule has 0 spiro atoms. The Morgan fingerprint density at radius 2 is 0.474 bits per heavy atom. The van der Waals surface area contributed by atoms with Crippen molar-refractivity contribution in [1.82, 2.24) is 38.2 Å². The molecular formula is C104H68Au4N8-8. The van der Waals surface area contributed by atoms with Crippen molar-refractivity contribution in [3.8, 4) is 113 Å². The van der Waals surface area contributed by atoms with Crippen molar-refractivity contribution in [3.05, 3.63) is 469 Å². The van der Waals surface area contributed by atoms with Crippen molar-refractivity contribution in [2.75, 3.05) is 0 Å². The normalized spacial score (nSPS) is 10.9. The standard InChI is InChI=1S/C24H16N4.C20H16N4.4C15H9.4Au/c1-3-9-19(10-4-1)27-15-23(25-17-27)21-13-7-8-14-22(21)24-16-28(18-26-24)20-11-5-2-6-12-20;1-3-7-19(8-4-1)23-13-17(21-15-23)11-12-18-14-24(16-22-18)20-9-5-2-6-10-20;1-2-11-7-8-15-13(9-11)10-12-5-3-4-6-14(12)15;3*1-2-11-7-8-13-10-12-5-3-4-6-14(12)15(13)9-11;;;;/h1-16H;1-10,13-14H,11-12H2;4*3-9H,10H2;;;;/q2*-2;4*-1;;;;. The van der Waals surface area contributed by atoms with Crippen LogP contribution in [-0.2, 0) is 128 Å². The molecule has 4 aliphatic rings. The van der Waals surface area contributed by atoms with E-state index in [4.69, 9.17) is 25.7 Å². The summed E-state index contributed by atoms with van der Waals surface area (Å²) in [5.74, 6) is 9.75. The predicted octanol–water partition coefficient (Wildman–Crippen LogP) is 21.2. The van der Waals surface area contributed by atoms with Gasteiger partial charge in [0.15, 0.2) is 0 Å². The molecule has 21 rings (SSSR count). The maximum absolute atomic E-state index is 7.14. The van der Waals surface area contributed by atoms with Crippen LogP contribution in [0.2, 0.25) is 0 Å². The van der Waals surface area contributed by atoms with Crippen LogP contribution in [0.5, 0.6) is 0 Å². The first-order valence-electron chi connectivity index (χ1n) is 37.0. The predicted molar refractivity (Wildman–Crippen MR) is 445 cm³/mol. The molecule has 13 aromatic carbocycles. The van der Waals surface area contributed by atoms with Crippen LogP contribution < -0.4 is 0 Å². The van der Waals surface area contributed by atoms with E-state index in [-0.39, 0.29) is 89.5 Å². The Morgan fingerprint density at radius 1 is 0.233 bits per heavy atom. The van der Waals surface area contributed by atoms with E-state index in [0.29, 0.717) is 0 Å². The van der Waals surface area contributed by atoms with Gasteiger partial charge in [-0.25, -0.2) is 0 Å². The molecule has 576 valence electrons. The van der Waals surface area contributed by atoms with Crippen LogP contribution in [0.1, 0.15) is 78.1 Å². The SMILES string of the molecule is [Au].[Au].[Au].[Au].[C-]#Cc1ccc2c(c1)-c1ccccc1C2.[C-]#Cc1ccc2c(c1)-c1ccccc1C2.[C-]#Cc1ccc2c(c1)-c1ccccc1C2.[C-]#Cc1ccc2c(c1)Cc1ccccc1-2.[c-]1nc(-c2ccccc2-c2cn(-c3ccccc3)[c-]n2)cn1-c1ccccc1.[c-]1nc(CCc2cn(-c3ccccc3)[c-]n2)cn1-c1ccccc1. The fourth-order valence-corrected chi connectivity index (χ4v) is 14.6. The Bertz CT molecular complexity index is 5980. The maximum atomic E-state index is 7.14. The minimum absolute atomic E-state index is 0. The number of aromatic nitrogens is 8. The van der Waals surface area contributed by atoms with E-state index in [9.17, 15) is 0 Å². The van der Waals surface area contributed by atoms with Crippen molar-refractivity contribution in [2.45, 2.75) is 38.5 Å². The fraction of sp³-hybridized carbons (Fsp3) is 0.0577. The van der Waals surface area contributed by atoms with Crippen LogP contribution in [0.15, 0.2) is 340 Å². The maximum Gasteiger partial charge on any atom is 0.0413 e. The largest absolute Gasteiger partial charge is 0.433 e. The second-order valence-electron chi connectivity index (χ2n) is 27.3. The quantitative estimate of drug-likeness (QED) is 0.0820. The summed E-state index contributed by atoms with van der Waals surface area (Å²) in [5.41, 5.74) is 34.7. The molecule has 0 unspecified atom stereocenters. The summed E-state index contributed by atoms with van der Waals surface area (Å²) < 4.78 is 7.65. The Hall–Kier alpha value is -12.1. The summed E-state index contributed by atoms with van der Waals surface area (Å²) >= 11 is 0. The summed E-state index contributed by atoms with van der Waals surface area (Å²) in [4.78, 5) is 17.7. The van der Waals surface area contributed by atoms with Gasteiger partial charge in [0.1, 0.15) is 0 Å². The van der Waals surface area contributed by atoms with Gasteiger partial charge < -0.3 is 63.9 Å². The fourth-order valence-electron chi connectivity index (χ4n) is 14.6. The van der Waals surface area contributed by atoms with Gasteiger partial charge in [-0.2, -0.15) is 0 Å². The molecule has 0 saturated carbocycles. The first-order valence-corrected chi connectivity index (χ1v) is 37.0. The van der Waals surface area contributed by atoms with Crippen molar-refractivity contribution >= 4 is 0 Å². The zero-order chi connectivity index (χ0) is 76.0. The van der Waals surface area contributed by atoms with Crippen LogP contribution in [-0.4, -0.2) is 38.2 Å². The summed E-state index contributed by atoms with van der Waals surface area (Å²) in [6.45, 7) is 0. The molecule has 0 amide bonds. The number of imidazole rings is 4. The minimum Gasteiger partial charge on any atom is -0.433 e. The Kier molecular flexibility index (Phi) is 28.6. The number of hydrogen-bond donors (Lipinski definition) is 0. The van der Waals surface area contributed by atoms with Crippen LogP contribution in [0.25, 0.3) is 89.8 Å². The number of fused-ring (bicyclic) bond motifs is 12. The average Bonchev–Trinajstić information content (AvgIpc) is 1.66. The van der Waals surface area contributed by atoms with Gasteiger partial charge in [0.05, 0.1) is 0 Å². The molecule has 17 aromatic rings. The molecule has 12 heteroatoms. The number of aryl methyl sites for hydroxylation is 2. The molecule has 4 aliphatic carbocycles. The van der Waals surface area contributed by atoms with E-state index in [0.717, 1.165) is 117 Å². The number of nitrogens with zero attached hydrogens (tertiary/aromatic N) is 8. The molecular weight excluding hydrogens is 2150 g/mol. The van der Waals surface area contributed by atoms with Crippen molar-refractivity contribution in [1.29, 1.82) is 0 Å². The number of para-hydroxylation sites is 4. The molecule has 0 fully saturated rings. The van der Waals surface area contributed by atoms with E-state index >= 15 is 0 Å². The van der Waals surface area contributed by atoms with E-state index in [1.807, 2.05) is 219 Å². The third kappa shape index (κ3) is 19.3. The van der Waals surface area contributed by atoms with Gasteiger partial charge in [0.25, 0.3) is 0 Å². The molecule has 0 aliphatic heterocycles. The van der Waals surface area contributed by atoms with Crippen molar-refractivity contribution in [3.63, 3.8) is 0 Å². The van der Waals surface area contributed by atoms with Crippen LogP contribution >= 0.6 is 0 Å². The van der Waals surface area contributed by atoms with Crippen LogP contribution in [0, 0.1) is 74.7 Å². The van der Waals surface area contributed by atoms with E-state index in [1.165, 1.54) is 89.0 Å². The third-order valence-corrected chi connectivity index (χ3v) is 20.2. The summed E-state index contributed by atoms with van der Waals surface area (Å²) in [6, 6.07) is 107. The summed E-state index contributed by atoms with van der Waals surface area (Å²) in [7, 11) is 0. The second-order valence-corrected chi connectivity index (χ2v) is 27.3. The summed E-state index contributed by atoms with van der Waals surface area (Å²) in [5, 5.41) is 0. The van der Waals surface area contributed by atoms with Crippen LogP contribution in [0.3, 0.4) is 0 Å². The van der Waals surface area contributed by atoms with Gasteiger partial charge in [-0.3, -0.25) is 23.7 Å². The topological polar surface area (TPSA) is 71.3 Å². The number of benzene rings is 13. The molecule has 8 nitrogen and oxygen atoms in total. The Balaban J connectivity index is 0.000000130. The molecule has 0 saturated heterocycles. The minimum atomic E-state index is 0. The Labute approximate surface area is 742 Å². The molecule has 4 aromatic heterocycles. The van der Waals surface area contributed by atoms with Gasteiger partial charge in [0, 0.05) is 115 Å². The van der Waals surface area contributed by atoms with Gasteiger partial charge in [-0.1, -0.05) is 333 Å². The zero-order valence-corrected chi connectivity index (χ0v) is 71.0. The molecule has 0 bridgehead atoms. The molecule has 0 atom stereocenters. The first-order chi connectivity index (χ1) is 55.3. The smallest absolute Gasteiger partial charge is 0.0413 e. The molecule has 0 N–H and O–H groups in total. The average molecular weight is 2220 g/mol. The van der Waals surface area contributed by atoms with Crippen molar-refractivity contribution < 1.29 is 89.5 Å². The number of hydrogen-bond acceptors (Lipinski definition) is 4. The van der Waals surface area contributed by atoms with E-state index in [1.54, 1.807) is 0 Å². The van der Waals surface area contributed by atoms with Crippen LogP contribution in [0.4, 0.5) is 0 Å². The second kappa shape index (κ2) is 39.8. The molecule has 4 heterocycles. The van der Waals surface area contributed by atoms with Crippen molar-refractivity contribution in [2.24, 2.45) is 0 Å². The van der Waals surface area contributed by atoms with E-state index in [2.05, 4.69) is 208 Å². The van der Waals surface area contributed by atoms with Gasteiger partial charge >= 0.3 is 0 Å². The Morgan fingerprint density at radius 3 is 0.802 bits per heavy atom. The van der Waals surface area contributed by atoms with Gasteiger partial charge in [0.2, 0.25) is 0 Å². The van der Waals surface area contributed by atoms with Gasteiger partial charge in [-0.05, 0) is 143 Å². The third-order valence-electron chi connectivity index (χ3n) is 20.2. The van der Waals surface area contributed by atoms with E-state index < -0.39 is 0 Å².